The van der Waals surface area contributed by atoms with Crippen LogP contribution < -0.4 is 29.4 Å². The van der Waals surface area contributed by atoms with Crippen molar-refractivity contribution < 1.29 is 28.5 Å². The molecule has 1 saturated heterocycles. The Balaban J connectivity index is 1.47. The van der Waals surface area contributed by atoms with Gasteiger partial charge in [-0.05, 0) is 48.0 Å². The molecule has 0 unspecified atom stereocenters. The van der Waals surface area contributed by atoms with E-state index in [-0.39, 0.29) is 23.8 Å². The van der Waals surface area contributed by atoms with E-state index in [4.69, 9.17) is 30.5 Å². The summed E-state index contributed by atoms with van der Waals surface area (Å²) in [5, 5.41) is 1.46. The van der Waals surface area contributed by atoms with E-state index in [1.54, 1.807) is 55.6 Å². The van der Waals surface area contributed by atoms with Crippen LogP contribution in [0.25, 0.3) is 6.08 Å². The van der Waals surface area contributed by atoms with Gasteiger partial charge in [-0.25, -0.2) is 5.01 Å². The van der Waals surface area contributed by atoms with Crippen LogP contribution >= 0.6 is 11.6 Å². The molecule has 0 aliphatic carbocycles. The first-order valence-electron chi connectivity index (χ1n) is 10.7. The van der Waals surface area contributed by atoms with E-state index >= 15 is 0 Å². The van der Waals surface area contributed by atoms with Gasteiger partial charge in [0.05, 0.1) is 24.9 Å². The number of hydrazine groups is 1. The lowest BCUT2D eigenvalue weighted by molar-refractivity contribution is -0.117. The number of carbonyl (C=O) groups is 2. The van der Waals surface area contributed by atoms with Crippen molar-refractivity contribution in [1.82, 2.24) is 5.43 Å². The van der Waals surface area contributed by atoms with Crippen LogP contribution in [0.3, 0.4) is 0 Å². The average Bonchev–Trinajstić information content (AvgIpc) is 3.16. The molecule has 8 nitrogen and oxygen atoms in total. The molecule has 1 aliphatic heterocycles. The maximum Gasteiger partial charge on any atom is 0.282 e. The number of anilines is 1. The van der Waals surface area contributed by atoms with Crippen molar-refractivity contribution in [3.63, 3.8) is 0 Å². The van der Waals surface area contributed by atoms with Crippen molar-refractivity contribution >= 4 is 35.2 Å². The first-order valence-corrected chi connectivity index (χ1v) is 11.1. The molecule has 1 fully saturated rings. The fourth-order valence-electron chi connectivity index (χ4n) is 3.48. The minimum absolute atomic E-state index is 0.0224. The topological polar surface area (TPSA) is 86.3 Å². The molecule has 0 radical (unpaired) electrons. The molecule has 1 N–H and O–H groups in total. The van der Waals surface area contributed by atoms with Gasteiger partial charge < -0.3 is 18.9 Å². The SMILES string of the molecule is COc1ccccc1OCCOc1c(Cl)cc(C=C2C(=O)NN(c3ccccc3)C2=O)cc1OC. The molecular weight excluding hydrogens is 472 g/mol. The van der Waals surface area contributed by atoms with Crippen LogP contribution in [-0.4, -0.2) is 39.2 Å². The quantitative estimate of drug-likeness (QED) is 0.271. The molecule has 9 heteroatoms. The van der Waals surface area contributed by atoms with Crippen LogP contribution in [0.4, 0.5) is 5.69 Å². The number of carbonyl (C=O) groups excluding carboxylic acids is 2. The van der Waals surface area contributed by atoms with E-state index in [1.165, 1.54) is 18.2 Å². The average molecular weight is 495 g/mol. The summed E-state index contributed by atoms with van der Waals surface area (Å²) in [7, 11) is 3.05. The van der Waals surface area contributed by atoms with Crippen molar-refractivity contribution in [3.05, 3.63) is 82.9 Å². The van der Waals surface area contributed by atoms with Crippen LogP contribution in [-0.2, 0) is 9.59 Å². The summed E-state index contributed by atoms with van der Waals surface area (Å²) in [5.74, 6) is 0.924. The van der Waals surface area contributed by atoms with Crippen molar-refractivity contribution in [2.75, 3.05) is 32.4 Å². The van der Waals surface area contributed by atoms with Crippen molar-refractivity contribution in [3.8, 4) is 23.0 Å². The molecule has 180 valence electrons. The van der Waals surface area contributed by atoms with E-state index in [0.717, 1.165) is 0 Å². The highest BCUT2D eigenvalue weighted by Gasteiger charge is 2.34. The predicted molar refractivity (Wildman–Crippen MR) is 132 cm³/mol. The number of nitrogens with one attached hydrogen (secondary N) is 1. The van der Waals surface area contributed by atoms with Gasteiger partial charge in [-0.2, -0.15) is 0 Å². The van der Waals surface area contributed by atoms with Crippen LogP contribution in [0.1, 0.15) is 5.56 Å². The van der Waals surface area contributed by atoms with Crippen LogP contribution in [0.2, 0.25) is 5.02 Å². The summed E-state index contributed by atoms with van der Waals surface area (Å²) in [4.78, 5) is 25.3. The van der Waals surface area contributed by atoms with Gasteiger partial charge in [0.1, 0.15) is 18.8 Å². The Labute approximate surface area is 207 Å². The third-order valence-electron chi connectivity index (χ3n) is 5.13. The second kappa shape index (κ2) is 10.8. The zero-order chi connectivity index (χ0) is 24.8. The Morgan fingerprint density at radius 3 is 2.23 bits per heavy atom. The molecule has 35 heavy (non-hydrogen) atoms. The van der Waals surface area contributed by atoms with Gasteiger partial charge in [0.2, 0.25) is 0 Å². The molecule has 0 saturated carbocycles. The number of nitrogens with zero attached hydrogens (tertiary/aromatic N) is 1. The second-order valence-corrected chi connectivity index (χ2v) is 7.76. The lowest BCUT2D eigenvalue weighted by atomic mass is 10.1. The predicted octanol–water partition coefficient (Wildman–Crippen LogP) is 4.28. The number of hydrogen-bond acceptors (Lipinski definition) is 6. The van der Waals surface area contributed by atoms with Gasteiger partial charge in [0.15, 0.2) is 23.0 Å². The van der Waals surface area contributed by atoms with E-state index < -0.39 is 11.8 Å². The normalized spacial score (nSPS) is 14.1. The summed E-state index contributed by atoms with van der Waals surface area (Å²) in [6.07, 6.45) is 1.46. The first-order chi connectivity index (χ1) is 17.0. The molecule has 0 spiro atoms. The van der Waals surface area contributed by atoms with Gasteiger partial charge >= 0.3 is 0 Å². The zero-order valence-corrected chi connectivity index (χ0v) is 19.9. The zero-order valence-electron chi connectivity index (χ0n) is 19.1. The van der Waals surface area contributed by atoms with E-state index in [0.29, 0.717) is 34.2 Å². The molecule has 0 bridgehead atoms. The number of rotatable bonds is 9. The monoisotopic (exact) mass is 494 g/mol. The number of methoxy groups -OCH3 is 2. The minimum Gasteiger partial charge on any atom is -0.493 e. The van der Waals surface area contributed by atoms with Crippen LogP contribution in [0, 0.1) is 0 Å². The number of hydrogen-bond donors (Lipinski definition) is 1. The Kier molecular flexibility index (Phi) is 7.42. The fourth-order valence-corrected chi connectivity index (χ4v) is 3.75. The summed E-state index contributed by atoms with van der Waals surface area (Å²) in [6, 6.07) is 19.4. The lowest BCUT2D eigenvalue weighted by Crippen LogP contribution is -2.35. The Bertz CT molecular complexity index is 1260. The van der Waals surface area contributed by atoms with Crippen molar-refractivity contribution in [1.29, 1.82) is 0 Å². The summed E-state index contributed by atoms with van der Waals surface area (Å²) < 4.78 is 22.2. The molecular formula is C26H23ClN2O6. The van der Waals surface area contributed by atoms with E-state index in [9.17, 15) is 9.59 Å². The Morgan fingerprint density at radius 1 is 0.857 bits per heavy atom. The first kappa shape index (κ1) is 24.0. The standard InChI is InChI=1S/C26H23ClN2O6/c1-32-21-10-6-7-11-22(21)34-12-13-35-24-20(27)15-17(16-23(24)33-2)14-19-25(30)28-29(26(19)31)18-8-4-3-5-9-18/h3-11,14-16H,12-13H2,1-2H3,(H,28,30). The molecule has 4 rings (SSSR count). The number of amides is 2. The maximum absolute atomic E-state index is 12.8. The smallest absolute Gasteiger partial charge is 0.282 e. The van der Waals surface area contributed by atoms with E-state index in [1.807, 2.05) is 18.2 Å². The second-order valence-electron chi connectivity index (χ2n) is 7.36. The molecule has 0 aromatic heterocycles. The van der Waals surface area contributed by atoms with Gasteiger partial charge in [-0.15, -0.1) is 0 Å². The molecule has 3 aromatic carbocycles. The highest BCUT2D eigenvalue weighted by molar-refractivity contribution is 6.33. The number of ether oxygens (including phenoxy) is 4. The maximum atomic E-state index is 12.8. The van der Waals surface area contributed by atoms with Gasteiger partial charge in [0.25, 0.3) is 11.8 Å². The fraction of sp³-hybridized carbons (Fsp3) is 0.154. The third-order valence-corrected chi connectivity index (χ3v) is 5.41. The van der Waals surface area contributed by atoms with E-state index in [2.05, 4.69) is 5.43 Å². The summed E-state index contributed by atoms with van der Waals surface area (Å²) in [6.45, 7) is 0.442. The molecule has 0 atom stereocenters. The Hall–Kier alpha value is -4.17. The van der Waals surface area contributed by atoms with Crippen LogP contribution in [0.15, 0.2) is 72.3 Å². The Morgan fingerprint density at radius 2 is 1.51 bits per heavy atom. The van der Waals surface area contributed by atoms with Gasteiger partial charge in [-0.1, -0.05) is 41.9 Å². The molecule has 2 amide bonds. The highest BCUT2D eigenvalue weighted by Crippen LogP contribution is 2.37. The third kappa shape index (κ3) is 5.33. The summed E-state index contributed by atoms with van der Waals surface area (Å²) >= 11 is 6.45. The number of para-hydroxylation sites is 3. The van der Waals surface area contributed by atoms with Crippen molar-refractivity contribution in [2.45, 2.75) is 0 Å². The highest BCUT2D eigenvalue weighted by atomic mass is 35.5. The lowest BCUT2D eigenvalue weighted by Gasteiger charge is -2.15. The minimum atomic E-state index is -0.511. The molecule has 1 heterocycles. The number of halogens is 1. The van der Waals surface area contributed by atoms with Crippen LogP contribution in [0.5, 0.6) is 23.0 Å². The van der Waals surface area contributed by atoms with Gasteiger partial charge in [0, 0.05) is 0 Å². The summed E-state index contributed by atoms with van der Waals surface area (Å²) in [5.41, 5.74) is 3.61. The van der Waals surface area contributed by atoms with Gasteiger partial charge in [-0.3, -0.25) is 15.0 Å². The molecule has 1 aliphatic rings. The molecule has 3 aromatic rings. The largest absolute Gasteiger partial charge is 0.493 e. The van der Waals surface area contributed by atoms with Crippen molar-refractivity contribution in [2.24, 2.45) is 0 Å². The number of benzene rings is 3.